The van der Waals surface area contributed by atoms with Crippen molar-refractivity contribution in [3.05, 3.63) is 36.0 Å². The number of carbonyl (C=O) groups excluding carboxylic acids is 1. The predicted molar refractivity (Wildman–Crippen MR) is 124 cm³/mol. The topological polar surface area (TPSA) is 89.8 Å². The standard InChI is InChI=1S/C22H35NO6SSi/c1-15(19(28-30(25)26)29-31(8,9)22(5,6)7)18-14-16-12-10-11-13-17(16)23(18)20(24)27-21(2,3)4/h10-15,19H,1-9H3,(H,25,26)/p-1. The zero-order valence-electron chi connectivity index (χ0n) is 19.8. The van der Waals surface area contributed by atoms with E-state index >= 15 is 0 Å². The largest absolute Gasteiger partial charge is 0.750 e. The predicted octanol–water partition coefficient (Wildman–Crippen LogP) is 5.69. The van der Waals surface area contributed by atoms with Crippen LogP contribution >= 0.6 is 0 Å². The minimum Gasteiger partial charge on any atom is -0.750 e. The number of hydrogen-bond donors (Lipinski definition) is 0. The quantitative estimate of drug-likeness (QED) is 0.307. The maximum atomic E-state index is 13.1. The Morgan fingerprint density at radius 2 is 1.71 bits per heavy atom. The van der Waals surface area contributed by atoms with Gasteiger partial charge in [-0.3, -0.25) is 4.18 Å². The van der Waals surface area contributed by atoms with Crippen LogP contribution in [0.2, 0.25) is 18.1 Å². The minimum absolute atomic E-state index is 0.156. The summed E-state index contributed by atoms with van der Waals surface area (Å²) in [6.07, 6.45) is -1.62. The van der Waals surface area contributed by atoms with Gasteiger partial charge in [0, 0.05) is 17.0 Å². The average Bonchev–Trinajstić information content (AvgIpc) is 2.97. The highest BCUT2D eigenvalue weighted by molar-refractivity contribution is 7.74. The van der Waals surface area contributed by atoms with Crippen molar-refractivity contribution in [3.63, 3.8) is 0 Å². The second-order valence-corrected chi connectivity index (χ2v) is 15.6. The summed E-state index contributed by atoms with van der Waals surface area (Å²) in [6.45, 7) is 17.4. The van der Waals surface area contributed by atoms with Crippen LogP contribution < -0.4 is 0 Å². The van der Waals surface area contributed by atoms with Crippen LogP contribution in [0, 0.1) is 0 Å². The number of nitrogens with zero attached hydrogens (tertiary/aromatic N) is 1. The lowest BCUT2D eigenvalue weighted by Gasteiger charge is -2.40. The molecule has 0 aliphatic rings. The van der Waals surface area contributed by atoms with Gasteiger partial charge in [-0.05, 0) is 51.0 Å². The maximum Gasteiger partial charge on any atom is 0.419 e. The Hall–Kier alpha value is -1.52. The first kappa shape index (κ1) is 25.7. The second kappa shape index (κ2) is 9.15. The van der Waals surface area contributed by atoms with Gasteiger partial charge in [-0.25, -0.2) is 13.6 Å². The lowest BCUT2D eigenvalue weighted by Crippen LogP contribution is -2.46. The average molecular weight is 469 g/mol. The van der Waals surface area contributed by atoms with Crippen molar-refractivity contribution in [2.24, 2.45) is 0 Å². The Bertz CT molecular complexity index is 957. The van der Waals surface area contributed by atoms with Gasteiger partial charge >= 0.3 is 6.09 Å². The molecule has 2 aromatic rings. The van der Waals surface area contributed by atoms with Gasteiger partial charge < -0.3 is 13.7 Å². The van der Waals surface area contributed by atoms with E-state index in [1.165, 1.54) is 4.57 Å². The maximum absolute atomic E-state index is 13.1. The molecule has 0 saturated carbocycles. The number of aromatic nitrogens is 1. The van der Waals surface area contributed by atoms with Crippen molar-refractivity contribution < 1.29 is 26.9 Å². The summed E-state index contributed by atoms with van der Waals surface area (Å²) >= 11 is -2.78. The molecule has 0 aliphatic heterocycles. The summed E-state index contributed by atoms with van der Waals surface area (Å²) < 4.78 is 41.6. The molecule has 0 saturated heterocycles. The number of rotatable bonds is 6. The molecule has 0 amide bonds. The number of para-hydroxylation sites is 1. The van der Waals surface area contributed by atoms with E-state index in [0.717, 1.165) is 5.39 Å². The van der Waals surface area contributed by atoms with Gasteiger partial charge in [-0.2, -0.15) is 0 Å². The summed E-state index contributed by atoms with van der Waals surface area (Å²) in [5, 5.41) is 0.681. The van der Waals surface area contributed by atoms with Crippen molar-refractivity contribution in [1.82, 2.24) is 4.57 Å². The number of hydrogen-bond acceptors (Lipinski definition) is 6. The van der Waals surface area contributed by atoms with Crippen LogP contribution in [0.4, 0.5) is 4.79 Å². The SMILES string of the molecule is CC(c1cc2ccccc2n1C(=O)OC(C)(C)C)C(OS(=O)[O-])O[Si](C)(C)C(C)(C)C. The van der Waals surface area contributed by atoms with E-state index in [0.29, 0.717) is 11.2 Å². The van der Waals surface area contributed by atoms with Crippen molar-refractivity contribution >= 4 is 36.7 Å². The molecule has 0 aliphatic carbocycles. The van der Waals surface area contributed by atoms with Crippen molar-refractivity contribution in [1.29, 1.82) is 0 Å². The summed E-state index contributed by atoms with van der Waals surface area (Å²) in [5.41, 5.74) is 0.546. The van der Waals surface area contributed by atoms with Crippen molar-refractivity contribution in [2.75, 3.05) is 0 Å². The van der Waals surface area contributed by atoms with Crippen LogP contribution in [0.15, 0.2) is 30.3 Å². The van der Waals surface area contributed by atoms with E-state index in [1.807, 2.05) is 43.4 Å². The fourth-order valence-electron chi connectivity index (χ4n) is 2.91. The lowest BCUT2D eigenvalue weighted by atomic mass is 10.1. The van der Waals surface area contributed by atoms with Crippen molar-refractivity contribution in [2.45, 2.75) is 84.4 Å². The van der Waals surface area contributed by atoms with Gasteiger partial charge in [0.1, 0.15) is 5.60 Å². The highest BCUT2D eigenvalue weighted by Gasteiger charge is 2.42. The first-order chi connectivity index (χ1) is 14.0. The van der Waals surface area contributed by atoms with Gasteiger partial charge in [0.25, 0.3) is 0 Å². The van der Waals surface area contributed by atoms with E-state index in [9.17, 15) is 13.6 Å². The molecular formula is C22H34NO6SSi-. The molecule has 2 rings (SSSR count). The number of carbonyl (C=O) groups is 1. The van der Waals surface area contributed by atoms with E-state index in [4.69, 9.17) is 13.3 Å². The second-order valence-electron chi connectivity index (χ2n) is 10.3. The molecule has 9 heteroatoms. The van der Waals surface area contributed by atoms with Crippen LogP contribution in [0.25, 0.3) is 10.9 Å². The zero-order valence-corrected chi connectivity index (χ0v) is 21.7. The highest BCUT2D eigenvalue weighted by atomic mass is 32.2. The van der Waals surface area contributed by atoms with Crippen LogP contribution in [-0.2, 0) is 24.7 Å². The Kier molecular flexibility index (Phi) is 7.59. The van der Waals surface area contributed by atoms with Gasteiger partial charge in [0.15, 0.2) is 14.6 Å². The number of benzene rings is 1. The van der Waals surface area contributed by atoms with E-state index in [2.05, 4.69) is 20.8 Å². The lowest BCUT2D eigenvalue weighted by molar-refractivity contribution is -0.0211. The first-order valence-electron chi connectivity index (χ1n) is 10.3. The van der Waals surface area contributed by atoms with Gasteiger partial charge in [0.05, 0.1) is 16.9 Å². The molecule has 0 N–H and O–H groups in total. The molecule has 174 valence electrons. The molecule has 7 nitrogen and oxygen atoms in total. The van der Waals surface area contributed by atoms with E-state index in [-0.39, 0.29) is 5.04 Å². The molecule has 0 radical (unpaired) electrons. The third kappa shape index (κ3) is 6.26. The van der Waals surface area contributed by atoms with E-state index < -0.39 is 43.6 Å². The zero-order chi connectivity index (χ0) is 23.8. The Morgan fingerprint density at radius 3 is 2.23 bits per heavy atom. The molecule has 1 aromatic heterocycles. The van der Waals surface area contributed by atoms with Crippen LogP contribution in [0.1, 0.15) is 60.1 Å². The summed E-state index contributed by atoms with van der Waals surface area (Å²) in [6, 6.07) is 9.28. The summed E-state index contributed by atoms with van der Waals surface area (Å²) in [4.78, 5) is 13.1. The molecule has 3 unspecified atom stereocenters. The summed E-state index contributed by atoms with van der Waals surface area (Å²) in [7, 11) is -2.38. The smallest absolute Gasteiger partial charge is 0.419 e. The summed E-state index contributed by atoms with van der Waals surface area (Å²) in [5.74, 6) is -0.563. The first-order valence-corrected chi connectivity index (χ1v) is 14.2. The third-order valence-corrected chi connectivity index (χ3v) is 10.4. The van der Waals surface area contributed by atoms with Crippen LogP contribution in [0.3, 0.4) is 0 Å². The molecule has 31 heavy (non-hydrogen) atoms. The monoisotopic (exact) mass is 468 g/mol. The Labute approximate surface area is 188 Å². The molecule has 0 bridgehead atoms. The number of fused-ring (bicyclic) bond motifs is 1. The van der Waals surface area contributed by atoms with Crippen LogP contribution in [-0.4, -0.2) is 39.6 Å². The fourth-order valence-corrected chi connectivity index (χ4v) is 4.53. The Morgan fingerprint density at radius 1 is 1.13 bits per heavy atom. The minimum atomic E-state index is -2.78. The third-order valence-electron chi connectivity index (χ3n) is 5.58. The Balaban J connectivity index is 2.57. The molecule has 3 atom stereocenters. The van der Waals surface area contributed by atoms with Gasteiger partial charge in [0.2, 0.25) is 0 Å². The molecule has 1 aromatic carbocycles. The normalized spacial score (nSPS) is 16.2. The molecule has 0 fully saturated rings. The van der Waals surface area contributed by atoms with Crippen LogP contribution in [0.5, 0.6) is 0 Å². The highest BCUT2D eigenvalue weighted by Crippen LogP contribution is 2.40. The molecule has 1 heterocycles. The fraction of sp³-hybridized carbons (Fsp3) is 0.591. The number of ether oxygens (including phenoxy) is 1. The van der Waals surface area contributed by atoms with Crippen molar-refractivity contribution in [3.8, 4) is 0 Å². The molecule has 0 spiro atoms. The van der Waals surface area contributed by atoms with Gasteiger partial charge in [-0.15, -0.1) is 0 Å². The van der Waals surface area contributed by atoms with Gasteiger partial charge in [-0.1, -0.05) is 45.9 Å². The van der Waals surface area contributed by atoms with E-state index in [1.54, 1.807) is 27.7 Å². The molecular weight excluding hydrogens is 434 g/mol.